The van der Waals surface area contributed by atoms with Crippen molar-refractivity contribution < 1.29 is 0 Å². The summed E-state index contributed by atoms with van der Waals surface area (Å²) in [5.74, 6) is 0.780. The van der Waals surface area contributed by atoms with Crippen LogP contribution >= 0.6 is 0 Å². The lowest BCUT2D eigenvalue weighted by Crippen LogP contribution is -2.27. The van der Waals surface area contributed by atoms with Gasteiger partial charge in [0.15, 0.2) is 0 Å². The molecule has 0 unspecified atom stereocenters. The third-order valence-electron chi connectivity index (χ3n) is 2.48. The molecule has 0 saturated heterocycles. The van der Waals surface area contributed by atoms with Gasteiger partial charge in [-0.15, -0.1) is 0 Å². The maximum absolute atomic E-state index is 5.60. The molecule has 0 rings (SSSR count). The van der Waals surface area contributed by atoms with Crippen molar-refractivity contribution in [3.05, 3.63) is 0 Å². The molecule has 0 spiro atoms. The highest BCUT2D eigenvalue weighted by Crippen LogP contribution is 1.98. The Labute approximate surface area is 88.4 Å². The molecule has 0 bridgehead atoms. The molecule has 0 aromatic rings. The summed E-state index contributed by atoms with van der Waals surface area (Å²) in [7, 11) is 2.16. The lowest BCUT2D eigenvalue weighted by atomic mass is 10.2. The van der Waals surface area contributed by atoms with Crippen molar-refractivity contribution in [1.82, 2.24) is 4.90 Å². The van der Waals surface area contributed by atoms with Gasteiger partial charge in [0.05, 0.1) is 5.84 Å². The molecule has 84 valence electrons. The molecule has 0 saturated carbocycles. The lowest BCUT2D eigenvalue weighted by molar-refractivity contribution is 0.269. The first-order chi connectivity index (χ1) is 6.57. The number of aliphatic imine (C=N–C) groups is 1. The number of amidine groups is 1. The average molecular weight is 199 g/mol. The smallest absolute Gasteiger partial charge is 0.0934 e. The fraction of sp³-hybridized carbons (Fsp3) is 0.909. The molecule has 0 atom stereocenters. The zero-order valence-electron chi connectivity index (χ0n) is 10.1. The highest BCUT2D eigenvalue weighted by molar-refractivity contribution is 5.79. The van der Waals surface area contributed by atoms with Gasteiger partial charge in [0.2, 0.25) is 0 Å². The van der Waals surface area contributed by atoms with Gasteiger partial charge in [-0.2, -0.15) is 0 Å². The molecular weight excluding hydrogens is 174 g/mol. The number of hydrogen-bond donors (Lipinski definition) is 1. The van der Waals surface area contributed by atoms with Gasteiger partial charge >= 0.3 is 0 Å². The van der Waals surface area contributed by atoms with Crippen LogP contribution in [0.5, 0.6) is 0 Å². The predicted octanol–water partition coefficient (Wildman–Crippen LogP) is 1.87. The molecule has 0 aromatic carbocycles. The molecule has 3 heteroatoms. The van der Waals surface area contributed by atoms with E-state index in [2.05, 4.69) is 30.8 Å². The topological polar surface area (TPSA) is 41.6 Å². The summed E-state index contributed by atoms with van der Waals surface area (Å²) in [4.78, 5) is 6.61. The SMILES string of the molecule is CCC(N)=NCCCCN(C)C(C)C. The molecular formula is C11H25N3. The summed E-state index contributed by atoms with van der Waals surface area (Å²) in [5, 5.41) is 0. The van der Waals surface area contributed by atoms with Crippen LogP contribution in [0.4, 0.5) is 0 Å². The van der Waals surface area contributed by atoms with E-state index in [0.717, 1.165) is 31.8 Å². The van der Waals surface area contributed by atoms with E-state index in [1.165, 1.54) is 6.42 Å². The lowest BCUT2D eigenvalue weighted by Gasteiger charge is -2.20. The minimum absolute atomic E-state index is 0.638. The first-order valence-corrected chi connectivity index (χ1v) is 5.57. The Morgan fingerprint density at radius 2 is 2.00 bits per heavy atom. The highest BCUT2D eigenvalue weighted by atomic mass is 15.1. The molecule has 0 aliphatic rings. The van der Waals surface area contributed by atoms with Crippen LogP contribution in [-0.4, -0.2) is 36.9 Å². The van der Waals surface area contributed by atoms with Gasteiger partial charge in [0.25, 0.3) is 0 Å². The third kappa shape index (κ3) is 6.89. The molecule has 3 nitrogen and oxygen atoms in total. The fourth-order valence-corrected chi connectivity index (χ4v) is 1.07. The maximum atomic E-state index is 5.60. The Kier molecular flexibility index (Phi) is 7.48. The van der Waals surface area contributed by atoms with E-state index >= 15 is 0 Å². The Bertz CT molecular complexity index is 164. The van der Waals surface area contributed by atoms with Gasteiger partial charge in [-0.3, -0.25) is 4.99 Å². The summed E-state index contributed by atoms with van der Waals surface area (Å²) in [5.41, 5.74) is 5.60. The third-order valence-corrected chi connectivity index (χ3v) is 2.48. The average Bonchev–Trinajstić information content (AvgIpc) is 2.16. The minimum Gasteiger partial charge on any atom is -0.387 e. The molecule has 0 aliphatic carbocycles. The van der Waals surface area contributed by atoms with E-state index in [1.54, 1.807) is 0 Å². The van der Waals surface area contributed by atoms with E-state index < -0.39 is 0 Å². The predicted molar refractivity (Wildman–Crippen MR) is 63.8 cm³/mol. The Morgan fingerprint density at radius 3 is 2.50 bits per heavy atom. The Hall–Kier alpha value is -0.570. The number of nitrogens with two attached hydrogens (primary N) is 1. The van der Waals surface area contributed by atoms with Crippen molar-refractivity contribution in [2.75, 3.05) is 20.1 Å². The van der Waals surface area contributed by atoms with Crippen LogP contribution in [0.15, 0.2) is 4.99 Å². The second-order valence-electron chi connectivity index (χ2n) is 4.01. The van der Waals surface area contributed by atoms with Crippen molar-refractivity contribution in [3.63, 3.8) is 0 Å². The van der Waals surface area contributed by atoms with Crippen LogP contribution < -0.4 is 5.73 Å². The van der Waals surface area contributed by atoms with Crippen molar-refractivity contribution in [1.29, 1.82) is 0 Å². The zero-order chi connectivity index (χ0) is 11.0. The van der Waals surface area contributed by atoms with Crippen molar-refractivity contribution in [2.45, 2.75) is 46.1 Å². The number of unbranched alkanes of at least 4 members (excludes halogenated alkanes) is 1. The number of rotatable bonds is 7. The van der Waals surface area contributed by atoms with E-state index in [4.69, 9.17) is 5.73 Å². The number of hydrogen-bond acceptors (Lipinski definition) is 2. The van der Waals surface area contributed by atoms with Gasteiger partial charge in [0, 0.05) is 19.0 Å². The molecule has 14 heavy (non-hydrogen) atoms. The molecule has 0 radical (unpaired) electrons. The van der Waals surface area contributed by atoms with E-state index in [1.807, 2.05) is 6.92 Å². The summed E-state index contributed by atoms with van der Waals surface area (Å²) < 4.78 is 0. The number of nitrogens with zero attached hydrogens (tertiary/aromatic N) is 2. The second kappa shape index (κ2) is 7.80. The largest absolute Gasteiger partial charge is 0.387 e. The maximum Gasteiger partial charge on any atom is 0.0934 e. The van der Waals surface area contributed by atoms with Crippen molar-refractivity contribution >= 4 is 5.84 Å². The van der Waals surface area contributed by atoms with Crippen molar-refractivity contribution in [2.24, 2.45) is 10.7 Å². The van der Waals surface area contributed by atoms with Gasteiger partial charge in [-0.1, -0.05) is 6.92 Å². The van der Waals surface area contributed by atoms with E-state index in [0.29, 0.717) is 6.04 Å². The normalized spacial score (nSPS) is 12.9. The Morgan fingerprint density at radius 1 is 1.36 bits per heavy atom. The fourth-order valence-electron chi connectivity index (χ4n) is 1.07. The molecule has 0 fully saturated rings. The summed E-state index contributed by atoms with van der Waals surface area (Å²) in [6.07, 6.45) is 3.21. The van der Waals surface area contributed by atoms with Crippen LogP contribution in [0.1, 0.15) is 40.0 Å². The van der Waals surface area contributed by atoms with Crippen LogP contribution in [0.3, 0.4) is 0 Å². The molecule has 0 amide bonds. The van der Waals surface area contributed by atoms with Gasteiger partial charge in [0.1, 0.15) is 0 Å². The van der Waals surface area contributed by atoms with E-state index in [9.17, 15) is 0 Å². The zero-order valence-corrected chi connectivity index (χ0v) is 10.1. The van der Waals surface area contributed by atoms with Gasteiger partial charge in [-0.05, 0) is 40.3 Å². The molecule has 2 N–H and O–H groups in total. The second-order valence-corrected chi connectivity index (χ2v) is 4.01. The van der Waals surface area contributed by atoms with Gasteiger partial charge < -0.3 is 10.6 Å². The monoisotopic (exact) mass is 199 g/mol. The molecule has 0 heterocycles. The van der Waals surface area contributed by atoms with E-state index in [-0.39, 0.29) is 0 Å². The van der Waals surface area contributed by atoms with Gasteiger partial charge in [-0.25, -0.2) is 0 Å². The van der Waals surface area contributed by atoms with Crippen LogP contribution in [0, 0.1) is 0 Å². The quantitative estimate of drug-likeness (QED) is 0.386. The highest BCUT2D eigenvalue weighted by Gasteiger charge is 2.01. The van der Waals surface area contributed by atoms with Crippen LogP contribution in [-0.2, 0) is 0 Å². The summed E-state index contributed by atoms with van der Waals surface area (Å²) in [6, 6.07) is 0.638. The first kappa shape index (κ1) is 13.4. The summed E-state index contributed by atoms with van der Waals surface area (Å²) >= 11 is 0. The van der Waals surface area contributed by atoms with Crippen LogP contribution in [0.2, 0.25) is 0 Å². The minimum atomic E-state index is 0.638. The Balaban J connectivity index is 3.38. The standard InChI is InChI=1S/C11H25N3/c1-5-11(12)13-8-6-7-9-14(4)10(2)3/h10H,5-9H2,1-4H3,(H2,12,13). The first-order valence-electron chi connectivity index (χ1n) is 5.57. The summed E-state index contributed by atoms with van der Waals surface area (Å²) in [6.45, 7) is 8.50. The molecule has 0 aromatic heterocycles. The van der Waals surface area contributed by atoms with Crippen molar-refractivity contribution in [3.8, 4) is 0 Å². The molecule has 0 aliphatic heterocycles. The van der Waals surface area contributed by atoms with Crippen LogP contribution in [0.25, 0.3) is 0 Å².